The quantitative estimate of drug-likeness (QED) is 0.645. The van der Waals surface area contributed by atoms with Crippen molar-refractivity contribution in [2.24, 2.45) is 0 Å². The van der Waals surface area contributed by atoms with E-state index in [-0.39, 0.29) is 0 Å². The molecule has 0 spiro atoms. The number of rotatable bonds is 8. The highest BCUT2D eigenvalue weighted by Gasteiger charge is 2.05. The second-order valence-electron chi connectivity index (χ2n) is 5.52. The number of methoxy groups -OCH3 is 2. The lowest BCUT2D eigenvalue weighted by atomic mass is 10.2. The predicted molar refractivity (Wildman–Crippen MR) is 100 cm³/mol. The molecule has 3 aromatic rings. The van der Waals surface area contributed by atoms with Gasteiger partial charge >= 0.3 is 0 Å². The van der Waals surface area contributed by atoms with Crippen LogP contribution in [0.2, 0.25) is 0 Å². The van der Waals surface area contributed by atoms with Crippen molar-refractivity contribution in [3.8, 4) is 11.5 Å². The predicted octanol–water partition coefficient (Wildman–Crippen LogP) is 3.11. The molecule has 7 heteroatoms. The SMILES string of the molecule is COc1ccc(CNc2ccnc(NCc3ccncc3)n2)cc1OC. The van der Waals surface area contributed by atoms with Crippen molar-refractivity contribution in [1.82, 2.24) is 15.0 Å². The number of pyridine rings is 1. The van der Waals surface area contributed by atoms with Crippen LogP contribution >= 0.6 is 0 Å². The summed E-state index contributed by atoms with van der Waals surface area (Å²) in [6.45, 7) is 1.25. The fourth-order valence-corrected chi connectivity index (χ4v) is 2.41. The highest BCUT2D eigenvalue weighted by atomic mass is 16.5. The molecular weight excluding hydrogens is 330 g/mol. The Bertz CT molecular complexity index is 842. The first-order chi connectivity index (χ1) is 12.8. The minimum atomic E-state index is 0.569. The Balaban J connectivity index is 1.60. The molecule has 1 aromatic carbocycles. The maximum absolute atomic E-state index is 5.33. The smallest absolute Gasteiger partial charge is 0.224 e. The van der Waals surface area contributed by atoms with E-state index in [1.807, 2.05) is 36.4 Å². The van der Waals surface area contributed by atoms with Crippen LogP contribution in [0, 0.1) is 0 Å². The number of aromatic nitrogens is 3. The first-order valence-corrected chi connectivity index (χ1v) is 8.19. The van der Waals surface area contributed by atoms with Crippen LogP contribution in [-0.2, 0) is 13.1 Å². The molecule has 2 heterocycles. The number of nitrogens with zero attached hydrogens (tertiary/aromatic N) is 3. The van der Waals surface area contributed by atoms with Gasteiger partial charge in [-0.1, -0.05) is 6.07 Å². The van der Waals surface area contributed by atoms with Gasteiger partial charge in [0.1, 0.15) is 5.82 Å². The van der Waals surface area contributed by atoms with E-state index in [2.05, 4.69) is 25.6 Å². The third kappa shape index (κ3) is 4.60. The van der Waals surface area contributed by atoms with E-state index in [9.17, 15) is 0 Å². The van der Waals surface area contributed by atoms with Crippen LogP contribution in [0.3, 0.4) is 0 Å². The first kappa shape index (κ1) is 17.5. The summed E-state index contributed by atoms with van der Waals surface area (Å²) in [7, 11) is 3.25. The topological polar surface area (TPSA) is 81.2 Å². The summed E-state index contributed by atoms with van der Waals surface area (Å²) in [6, 6.07) is 11.5. The number of hydrogen-bond acceptors (Lipinski definition) is 7. The number of anilines is 2. The van der Waals surface area contributed by atoms with Crippen molar-refractivity contribution < 1.29 is 9.47 Å². The van der Waals surface area contributed by atoms with E-state index in [0.717, 1.165) is 16.9 Å². The standard InChI is InChI=1S/C19H21N5O2/c1-25-16-4-3-15(11-17(16)26-2)13-22-18-7-10-21-19(24-18)23-12-14-5-8-20-9-6-14/h3-11H,12-13H2,1-2H3,(H2,21,22,23,24). The molecule has 0 unspecified atom stereocenters. The maximum Gasteiger partial charge on any atom is 0.224 e. The third-order valence-corrected chi connectivity index (χ3v) is 3.78. The molecule has 7 nitrogen and oxygen atoms in total. The molecule has 0 aliphatic rings. The van der Waals surface area contributed by atoms with Crippen LogP contribution < -0.4 is 20.1 Å². The molecule has 0 saturated carbocycles. The molecule has 0 amide bonds. The molecule has 2 N–H and O–H groups in total. The zero-order valence-corrected chi connectivity index (χ0v) is 14.8. The van der Waals surface area contributed by atoms with Crippen molar-refractivity contribution in [2.45, 2.75) is 13.1 Å². The Labute approximate surface area is 152 Å². The number of ether oxygens (including phenoxy) is 2. The molecule has 0 saturated heterocycles. The van der Waals surface area contributed by atoms with E-state index < -0.39 is 0 Å². The van der Waals surface area contributed by atoms with Crippen molar-refractivity contribution in [2.75, 3.05) is 24.9 Å². The van der Waals surface area contributed by atoms with Crippen LogP contribution in [0.5, 0.6) is 11.5 Å². The molecule has 0 bridgehead atoms. The lowest BCUT2D eigenvalue weighted by Gasteiger charge is -2.11. The summed E-state index contributed by atoms with van der Waals surface area (Å²) in [5, 5.41) is 6.50. The minimum absolute atomic E-state index is 0.569. The normalized spacial score (nSPS) is 10.2. The fourth-order valence-electron chi connectivity index (χ4n) is 2.41. The van der Waals surface area contributed by atoms with Gasteiger partial charge in [0.2, 0.25) is 5.95 Å². The monoisotopic (exact) mass is 351 g/mol. The Morgan fingerprint density at radius 2 is 1.58 bits per heavy atom. The summed E-state index contributed by atoms with van der Waals surface area (Å²) in [4.78, 5) is 12.7. The molecular formula is C19H21N5O2. The molecule has 0 fully saturated rings. The lowest BCUT2D eigenvalue weighted by molar-refractivity contribution is 0.354. The molecule has 0 atom stereocenters. The number of hydrogen-bond donors (Lipinski definition) is 2. The van der Waals surface area contributed by atoms with Crippen molar-refractivity contribution in [1.29, 1.82) is 0 Å². The van der Waals surface area contributed by atoms with Crippen molar-refractivity contribution >= 4 is 11.8 Å². The van der Waals surface area contributed by atoms with Gasteiger partial charge in [0.05, 0.1) is 14.2 Å². The van der Waals surface area contributed by atoms with Gasteiger partial charge < -0.3 is 20.1 Å². The van der Waals surface area contributed by atoms with Crippen LogP contribution in [-0.4, -0.2) is 29.2 Å². The Kier molecular flexibility index (Phi) is 5.82. The Morgan fingerprint density at radius 1 is 0.808 bits per heavy atom. The van der Waals surface area contributed by atoms with Gasteiger partial charge in [0.15, 0.2) is 11.5 Å². The lowest BCUT2D eigenvalue weighted by Crippen LogP contribution is -2.07. The highest BCUT2D eigenvalue weighted by molar-refractivity contribution is 5.45. The molecule has 0 aliphatic heterocycles. The average Bonchev–Trinajstić information content (AvgIpc) is 2.71. The highest BCUT2D eigenvalue weighted by Crippen LogP contribution is 2.27. The summed E-state index contributed by atoms with van der Waals surface area (Å²) in [5.41, 5.74) is 2.18. The van der Waals surface area contributed by atoms with E-state index in [1.54, 1.807) is 32.8 Å². The van der Waals surface area contributed by atoms with E-state index in [0.29, 0.717) is 30.5 Å². The summed E-state index contributed by atoms with van der Waals surface area (Å²) < 4.78 is 10.6. The van der Waals surface area contributed by atoms with Gasteiger partial charge in [-0.3, -0.25) is 4.98 Å². The van der Waals surface area contributed by atoms with Gasteiger partial charge in [0.25, 0.3) is 0 Å². The molecule has 134 valence electrons. The second-order valence-corrected chi connectivity index (χ2v) is 5.52. The van der Waals surface area contributed by atoms with Gasteiger partial charge in [-0.15, -0.1) is 0 Å². The van der Waals surface area contributed by atoms with Gasteiger partial charge in [-0.25, -0.2) is 4.98 Å². The zero-order valence-electron chi connectivity index (χ0n) is 14.8. The largest absolute Gasteiger partial charge is 0.493 e. The summed E-state index contributed by atoms with van der Waals surface area (Å²) in [5.74, 6) is 2.72. The fraction of sp³-hybridized carbons (Fsp3) is 0.211. The number of nitrogens with one attached hydrogen (secondary N) is 2. The van der Waals surface area contributed by atoms with E-state index in [1.165, 1.54) is 0 Å². The third-order valence-electron chi connectivity index (χ3n) is 3.78. The zero-order chi connectivity index (χ0) is 18.2. The van der Waals surface area contributed by atoms with Crippen LogP contribution in [0.15, 0.2) is 55.0 Å². The van der Waals surface area contributed by atoms with Crippen LogP contribution in [0.4, 0.5) is 11.8 Å². The summed E-state index contributed by atoms with van der Waals surface area (Å²) >= 11 is 0. The van der Waals surface area contributed by atoms with Crippen LogP contribution in [0.1, 0.15) is 11.1 Å². The maximum atomic E-state index is 5.33. The molecule has 0 aliphatic carbocycles. The number of benzene rings is 1. The first-order valence-electron chi connectivity index (χ1n) is 8.19. The Hall–Kier alpha value is -3.35. The van der Waals surface area contributed by atoms with Crippen LogP contribution in [0.25, 0.3) is 0 Å². The Morgan fingerprint density at radius 3 is 2.35 bits per heavy atom. The van der Waals surface area contributed by atoms with Crippen molar-refractivity contribution in [3.63, 3.8) is 0 Å². The van der Waals surface area contributed by atoms with E-state index in [4.69, 9.17) is 9.47 Å². The molecule has 0 radical (unpaired) electrons. The van der Waals surface area contributed by atoms with Crippen molar-refractivity contribution in [3.05, 3.63) is 66.1 Å². The van der Waals surface area contributed by atoms with E-state index >= 15 is 0 Å². The average molecular weight is 351 g/mol. The second kappa shape index (κ2) is 8.66. The van der Waals surface area contributed by atoms with Gasteiger partial charge in [-0.2, -0.15) is 4.98 Å². The molecule has 2 aromatic heterocycles. The van der Waals surface area contributed by atoms with Gasteiger partial charge in [-0.05, 0) is 41.5 Å². The molecule has 26 heavy (non-hydrogen) atoms. The summed E-state index contributed by atoms with van der Waals surface area (Å²) in [6.07, 6.45) is 5.25. The minimum Gasteiger partial charge on any atom is -0.493 e. The van der Waals surface area contributed by atoms with Gasteiger partial charge in [0, 0.05) is 31.7 Å². The molecule has 3 rings (SSSR count).